The number of benzene rings is 1. The molecule has 0 radical (unpaired) electrons. The molecule has 160 valence electrons. The number of ether oxygens (including phenoxy) is 1. The summed E-state index contributed by atoms with van der Waals surface area (Å²) in [6, 6.07) is 8.24. The third-order valence-electron chi connectivity index (χ3n) is 4.79. The van der Waals surface area contributed by atoms with E-state index in [1.165, 1.54) is 11.8 Å². The Bertz CT molecular complexity index is 901. The number of halogens is 1. The van der Waals surface area contributed by atoms with Crippen LogP contribution in [0.2, 0.25) is 0 Å². The van der Waals surface area contributed by atoms with E-state index in [4.69, 9.17) is 30.4 Å². The first-order valence-electron chi connectivity index (χ1n) is 9.57. The number of rotatable bonds is 8. The fourth-order valence-electron chi connectivity index (χ4n) is 3.29. The van der Waals surface area contributed by atoms with Gasteiger partial charge < -0.3 is 9.26 Å². The number of allylic oxidation sites excluding steroid dienone is 1. The van der Waals surface area contributed by atoms with Gasteiger partial charge in [0, 0.05) is 16.2 Å². The number of hydrogen-bond acceptors (Lipinski definition) is 7. The van der Waals surface area contributed by atoms with Gasteiger partial charge in [-0.3, -0.25) is 4.79 Å². The highest BCUT2D eigenvalue weighted by Gasteiger charge is 2.23. The van der Waals surface area contributed by atoms with Gasteiger partial charge in [-0.05, 0) is 55.8 Å². The van der Waals surface area contributed by atoms with Crippen LogP contribution in [0.25, 0.3) is 11.3 Å². The Balaban J connectivity index is 0.00000101. The Hall–Kier alpha value is -2.34. The number of esters is 1. The molecular weight excluding hydrogens is 426 g/mol. The summed E-state index contributed by atoms with van der Waals surface area (Å²) < 4.78 is 10.7. The Morgan fingerprint density at radius 3 is 2.60 bits per heavy atom. The first-order chi connectivity index (χ1) is 14.5. The van der Waals surface area contributed by atoms with Gasteiger partial charge in [-0.25, -0.2) is 0 Å². The summed E-state index contributed by atoms with van der Waals surface area (Å²) in [6.07, 6.45) is 7.55. The van der Waals surface area contributed by atoms with Crippen LogP contribution >= 0.6 is 23.4 Å². The fraction of sp³-hybridized carbons (Fsp3) is 0.409. The Kier molecular flexibility index (Phi) is 9.87. The van der Waals surface area contributed by atoms with E-state index >= 15 is 0 Å². The lowest BCUT2D eigenvalue weighted by Gasteiger charge is -2.15. The van der Waals surface area contributed by atoms with Crippen LogP contribution in [-0.2, 0) is 32.0 Å². The van der Waals surface area contributed by atoms with E-state index in [1.54, 1.807) is 0 Å². The molecule has 30 heavy (non-hydrogen) atoms. The molecule has 1 aliphatic carbocycles. The van der Waals surface area contributed by atoms with Crippen LogP contribution in [-0.4, -0.2) is 35.4 Å². The fourth-order valence-corrected chi connectivity index (χ4v) is 4.11. The van der Waals surface area contributed by atoms with Crippen LogP contribution in [0.15, 0.2) is 45.7 Å². The smallest absolute Gasteiger partial charge is 0.373 e. The lowest BCUT2D eigenvalue weighted by molar-refractivity contribution is -0.191. The summed E-state index contributed by atoms with van der Waals surface area (Å²) in [6.45, 7) is 1.88. The Morgan fingerprint density at radius 2 is 2.00 bits per heavy atom. The van der Waals surface area contributed by atoms with E-state index < -0.39 is 0 Å². The first-order valence-corrected chi connectivity index (χ1v) is 11.3. The molecule has 1 heterocycles. The predicted octanol–water partition coefficient (Wildman–Crippen LogP) is 4.81. The van der Waals surface area contributed by atoms with Crippen LogP contribution in [0.5, 0.6) is 0 Å². The lowest BCUT2D eigenvalue weighted by Crippen LogP contribution is -2.18. The van der Waals surface area contributed by atoms with Gasteiger partial charge in [0.1, 0.15) is 18.1 Å². The summed E-state index contributed by atoms with van der Waals surface area (Å²) in [7, 11) is 0. The predicted molar refractivity (Wildman–Crippen MR) is 115 cm³/mol. The van der Waals surface area contributed by atoms with Gasteiger partial charge in [0.05, 0.1) is 6.42 Å². The zero-order chi connectivity index (χ0) is 21.9. The quantitative estimate of drug-likeness (QED) is 0.534. The van der Waals surface area contributed by atoms with Gasteiger partial charge in [0.25, 0.3) is 0 Å². The molecule has 1 unspecified atom stereocenters. The molecule has 3 rings (SSSR count). The molecule has 8 heteroatoms. The van der Waals surface area contributed by atoms with Crippen molar-refractivity contribution in [1.82, 2.24) is 5.16 Å². The van der Waals surface area contributed by atoms with Gasteiger partial charge >= 0.3 is 12.1 Å². The number of thioether (sulfide) groups is 1. The number of carbonyl (C=O) groups is 1. The lowest BCUT2D eigenvalue weighted by atomic mass is 10.0. The molecule has 6 nitrogen and oxygen atoms in total. The SMILES string of the molecule is CSCCc1ccc(-c2nocc2CC(=O)OC(C)C2=C(Cl)CCC2)cc1.O=C=O. The van der Waals surface area contributed by atoms with Crippen molar-refractivity contribution in [2.24, 2.45) is 0 Å². The maximum atomic E-state index is 12.4. The van der Waals surface area contributed by atoms with Crippen LogP contribution in [0.3, 0.4) is 0 Å². The maximum absolute atomic E-state index is 12.4. The minimum atomic E-state index is -0.299. The van der Waals surface area contributed by atoms with Crippen LogP contribution in [0, 0.1) is 0 Å². The first kappa shape index (κ1) is 23.9. The second-order valence-electron chi connectivity index (χ2n) is 6.80. The molecule has 0 spiro atoms. The normalized spacial score (nSPS) is 14.0. The maximum Gasteiger partial charge on any atom is 0.373 e. The minimum Gasteiger partial charge on any atom is -0.458 e. The third-order valence-corrected chi connectivity index (χ3v) is 5.83. The molecule has 0 saturated heterocycles. The highest BCUT2D eigenvalue weighted by Crippen LogP contribution is 2.32. The van der Waals surface area contributed by atoms with Crippen molar-refractivity contribution in [3.05, 3.63) is 52.3 Å². The summed E-state index contributed by atoms with van der Waals surface area (Å²) in [5, 5.41) is 4.92. The average Bonchev–Trinajstić information content (AvgIpc) is 3.36. The Morgan fingerprint density at radius 1 is 1.30 bits per heavy atom. The zero-order valence-electron chi connectivity index (χ0n) is 17.0. The monoisotopic (exact) mass is 449 g/mol. The third kappa shape index (κ3) is 6.87. The van der Waals surface area contributed by atoms with E-state index in [1.807, 2.05) is 30.8 Å². The molecular formula is C22H24ClNO5S. The molecule has 0 fully saturated rings. The summed E-state index contributed by atoms with van der Waals surface area (Å²) >= 11 is 8.04. The molecule has 1 aromatic carbocycles. The van der Waals surface area contributed by atoms with Crippen molar-refractivity contribution in [1.29, 1.82) is 0 Å². The van der Waals surface area contributed by atoms with Crippen LogP contribution in [0.4, 0.5) is 0 Å². The molecule has 1 aliphatic rings. The number of nitrogens with zero attached hydrogens (tertiary/aromatic N) is 1. The molecule has 1 aromatic heterocycles. The van der Waals surface area contributed by atoms with Crippen molar-refractivity contribution in [3.63, 3.8) is 0 Å². The van der Waals surface area contributed by atoms with E-state index in [-0.39, 0.29) is 24.6 Å². The number of aryl methyl sites for hydroxylation is 1. The molecule has 0 N–H and O–H groups in total. The standard InChI is InChI=1S/C21H24ClNO3S.CO2/c1-14(18-4-3-5-19(18)22)26-20(24)12-17-13-25-23-21(17)16-8-6-15(7-9-16)10-11-27-2;2-1-3/h6-9,13-14H,3-5,10-12H2,1-2H3;. The highest BCUT2D eigenvalue weighted by atomic mass is 35.5. The van der Waals surface area contributed by atoms with Gasteiger partial charge in [-0.2, -0.15) is 21.4 Å². The van der Waals surface area contributed by atoms with E-state index in [2.05, 4.69) is 23.5 Å². The number of hydrogen-bond donors (Lipinski definition) is 0. The average molecular weight is 450 g/mol. The van der Waals surface area contributed by atoms with Crippen LogP contribution < -0.4 is 0 Å². The Labute approximate surface area is 185 Å². The highest BCUT2D eigenvalue weighted by molar-refractivity contribution is 7.98. The van der Waals surface area contributed by atoms with Gasteiger partial charge in [0.15, 0.2) is 0 Å². The molecule has 2 aromatic rings. The van der Waals surface area contributed by atoms with E-state index in [0.29, 0.717) is 5.69 Å². The number of aromatic nitrogens is 1. The molecule has 0 saturated carbocycles. The van der Waals surface area contributed by atoms with Gasteiger partial charge in [0.2, 0.25) is 0 Å². The molecule has 0 amide bonds. The van der Waals surface area contributed by atoms with Gasteiger partial charge in [-0.1, -0.05) is 41.0 Å². The number of carbonyl (C=O) groups excluding carboxylic acids is 3. The second kappa shape index (κ2) is 12.4. The van der Waals surface area contributed by atoms with Crippen molar-refractivity contribution in [2.45, 2.75) is 45.1 Å². The summed E-state index contributed by atoms with van der Waals surface area (Å²) in [5.41, 5.74) is 4.68. The van der Waals surface area contributed by atoms with Gasteiger partial charge in [-0.15, -0.1) is 0 Å². The topological polar surface area (TPSA) is 86.5 Å². The molecule has 1 atom stereocenters. The van der Waals surface area contributed by atoms with Crippen molar-refractivity contribution >= 4 is 35.5 Å². The van der Waals surface area contributed by atoms with Crippen molar-refractivity contribution < 1.29 is 23.6 Å². The molecule has 0 bridgehead atoms. The van der Waals surface area contributed by atoms with E-state index in [0.717, 1.165) is 53.2 Å². The second-order valence-corrected chi connectivity index (χ2v) is 8.25. The van der Waals surface area contributed by atoms with E-state index in [9.17, 15) is 4.79 Å². The summed E-state index contributed by atoms with van der Waals surface area (Å²) in [5.74, 6) is 0.798. The largest absolute Gasteiger partial charge is 0.458 e. The van der Waals surface area contributed by atoms with Crippen molar-refractivity contribution in [3.8, 4) is 11.3 Å². The van der Waals surface area contributed by atoms with Crippen molar-refractivity contribution in [2.75, 3.05) is 12.0 Å². The zero-order valence-corrected chi connectivity index (χ0v) is 18.6. The van der Waals surface area contributed by atoms with Crippen LogP contribution in [0.1, 0.15) is 37.3 Å². The molecule has 0 aliphatic heterocycles. The minimum absolute atomic E-state index is 0.127. The summed E-state index contributed by atoms with van der Waals surface area (Å²) in [4.78, 5) is 28.6.